The number of alkyl halides is 3. The Morgan fingerprint density at radius 3 is 2.44 bits per heavy atom. The Labute approximate surface area is 145 Å². The van der Waals surface area contributed by atoms with Crippen LogP contribution in [0.4, 0.5) is 24.9 Å². The van der Waals surface area contributed by atoms with Crippen LogP contribution in [-0.4, -0.2) is 42.1 Å². The average Bonchev–Trinajstić information content (AvgIpc) is 2.53. The summed E-state index contributed by atoms with van der Waals surface area (Å²) >= 11 is 0. The van der Waals surface area contributed by atoms with Crippen LogP contribution in [0.5, 0.6) is 0 Å². The minimum absolute atomic E-state index is 0.0380. The van der Waals surface area contributed by atoms with E-state index >= 15 is 0 Å². The van der Waals surface area contributed by atoms with Crippen molar-refractivity contribution in [2.24, 2.45) is 0 Å². The number of hydrogen-bond acceptors (Lipinski definition) is 5. The number of aromatic nitrogens is 2. The first-order valence-electron chi connectivity index (χ1n) is 7.89. The zero-order valence-corrected chi connectivity index (χ0v) is 14.5. The first-order chi connectivity index (χ1) is 11.8. The van der Waals surface area contributed by atoms with E-state index in [1.165, 1.54) is 0 Å². The molecule has 2 N–H and O–H groups in total. The van der Waals surface area contributed by atoms with Gasteiger partial charge in [-0.05, 0) is 32.1 Å². The molecule has 0 amide bonds. The molecule has 5 nitrogen and oxygen atoms in total. The van der Waals surface area contributed by atoms with Gasteiger partial charge in [0.05, 0.1) is 0 Å². The smallest absolute Gasteiger partial charge is 0.366 e. The second kappa shape index (κ2) is 8.15. The normalized spacial score (nSPS) is 11.6. The van der Waals surface area contributed by atoms with Crippen molar-refractivity contribution in [1.82, 2.24) is 14.9 Å². The zero-order valence-electron chi connectivity index (χ0n) is 14.5. The highest BCUT2D eigenvalue weighted by molar-refractivity contribution is 5.44. The SMILES string of the molecule is Cc1ccccc1CNc1cc(C(F)(F)F)nc(NCCN(C)C)n1. The Hall–Kier alpha value is -2.35. The van der Waals surface area contributed by atoms with Crippen LogP contribution in [0.1, 0.15) is 16.8 Å². The summed E-state index contributed by atoms with van der Waals surface area (Å²) in [6.07, 6.45) is -4.53. The van der Waals surface area contributed by atoms with Crippen molar-refractivity contribution in [1.29, 1.82) is 0 Å². The molecule has 1 aromatic carbocycles. The predicted octanol–water partition coefficient (Wildman–Crippen LogP) is 3.39. The van der Waals surface area contributed by atoms with Gasteiger partial charge in [0.15, 0.2) is 5.69 Å². The molecular formula is C17H22F3N5. The summed E-state index contributed by atoms with van der Waals surface area (Å²) in [5.74, 6) is 0.0990. The van der Waals surface area contributed by atoms with Crippen LogP contribution in [0.2, 0.25) is 0 Å². The third kappa shape index (κ3) is 5.90. The van der Waals surface area contributed by atoms with Crippen LogP contribution >= 0.6 is 0 Å². The Kier molecular flexibility index (Phi) is 6.19. The Morgan fingerprint density at radius 2 is 1.80 bits per heavy atom. The molecule has 1 heterocycles. The van der Waals surface area contributed by atoms with Gasteiger partial charge in [0.25, 0.3) is 0 Å². The fourth-order valence-corrected chi connectivity index (χ4v) is 2.15. The molecule has 0 bridgehead atoms. The highest BCUT2D eigenvalue weighted by atomic mass is 19.4. The maximum atomic E-state index is 13.1. The van der Waals surface area contributed by atoms with Gasteiger partial charge in [-0.3, -0.25) is 0 Å². The second-order valence-corrected chi connectivity index (χ2v) is 5.97. The molecule has 0 unspecified atom stereocenters. The van der Waals surface area contributed by atoms with E-state index in [1.807, 2.05) is 50.2 Å². The van der Waals surface area contributed by atoms with Crippen LogP contribution in [-0.2, 0) is 12.7 Å². The number of nitrogens with zero attached hydrogens (tertiary/aromatic N) is 3. The first kappa shape index (κ1) is 19.0. The van der Waals surface area contributed by atoms with E-state index in [2.05, 4.69) is 20.6 Å². The number of benzene rings is 1. The van der Waals surface area contributed by atoms with Crippen molar-refractivity contribution < 1.29 is 13.2 Å². The maximum Gasteiger partial charge on any atom is 0.433 e. The zero-order chi connectivity index (χ0) is 18.4. The molecule has 25 heavy (non-hydrogen) atoms. The van der Waals surface area contributed by atoms with Crippen molar-refractivity contribution >= 4 is 11.8 Å². The lowest BCUT2D eigenvalue weighted by Crippen LogP contribution is -2.22. The molecule has 0 atom stereocenters. The Morgan fingerprint density at radius 1 is 1.08 bits per heavy atom. The van der Waals surface area contributed by atoms with Crippen molar-refractivity contribution in [3.63, 3.8) is 0 Å². The van der Waals surface area contributed by atoms with Crippen LogP contribution in [0.3, 0.4) is 0 Å². The molecule has 0 saturated heterocycles. The molecule has 0 aliphatic carbocycles. The van der Waals surface area contributed by atoms with Gasteiger partial charge in [-0.25, -0.2) is 4.98 Å². The van der Waals surface area contributed by atoms with Crippen molar-refractivity contribution in [2.75, 3.05) is 37.8 Å². The van der Waals surface area contributed by atoms with Crippen molar-refractivity contribution in [2.45, 2.75) is 19.6 Å². The van der Waals surface area contributed by atoms with Crippen molar-refractivity contribution in [3.05, 3.63) is 47.2 Å². The van der Waals surface area contributed by atoms with Gasteiger partial charge in [0.2, 0.25) is 5.95 Å². The van der Waals surface area contributed by atoms with Gasteiger partial charge in [0.1, 0.15) is 5.82 Å². The van der Waals surface area contributed by atoms with Gasteiger partial charge >= 0.3 is 6.18 Å². The lowest BCUT2D eigenvalue weighted by atomic mass is 10.1. The number of halogens is 3. The topological polar surface area (TPSA) is 53.1 Å². The minimum Gasteiger partial charge on any atom is -0.366 e. The fourth-order valence-electron chi connectivity index (χ4n) is 2.15. The van der Waals surface area contributed by atoms with Crippen LogP contribution < -0.4 is 10.6 Å². The van der Waals surface area contributed by atoms with E-state index in [-0.39, 0.29) is 11.8 Å². The summed E-state index contributed by atoms with van der Waals surface area (Å²) < 4.78 is 39.2. The fraction of sp³-hybridized carbons (Fsp3) is 0.412. The average molecular weight is 353 g/mol. The molecule has 0 aliphatic rings. The monoisotopic (exact) mass is 353 g/mol. The molecule has 2 aromatic rings. The molecule has 0 aliphatic heterocycles. The van der Waals surface area contributed by atoms with Gasteiger partial charge < -0.3 is 15.5 Å². The van der Waals surface area contributed by atoms with Crippen LogP contribution in [0, 0.1) is 6.92 Å². The van der Waals surface area contributed by atoms with E-state index < -0.39 is 11.9 Å². The predicted molar refractivity (Wildman–Crippen MR) is 92.6 cm³/mol. The second-order valence-electron chi connectivity index (χ2n) is 5.97. The highest BCUT2D eigenvalue weighted by Gasteiger charge is 2.33. The van der Waals surface area contributed by atoms with Gasteiger partial charge in [-0.15, -0.1) is 0 Å². The summed E-state index contributed by atoms with van der Waals surface area (Å²) in [5.41, 5.74) is 1.09. The molecule has 0 saturated carbocycles. The third-order valence-electron chi connectivity index (χ3n) is 3.58. The molecule has 0 fully saturated rings. The number of nitrogens with one attached hydrogen (secondary N) is 2. The lowest BCUT2D eigenvalue weighted by Gasteiger charge is -2.14. The molecular weight excluding hydrogens is 331 g/mol. The minimum atomic E-state index is -4.53. The molecule has 136 valence electrons. The van der Waals surface area contributed by atoms with Crippen LogP contribution in [0.25, 0.3) is 0 Å². The Bertz CT molecular complexity index is 701. The summed E-state index contributed by atoms with van der Waals surface area (Å²) in [5, 5.41) is 5.79. The van der Waals surface area contributed by atoms with E-state index in [1.54, 1.807) is 0 Å². The maximum absolute atomic E-state index is 13.1. The Balaban J connectivity index is 2.16. The van der Waals surface area contributed by atoms with Crippen LogP contribution in [0.15, 0.2) is 30.3 Å². The number of aryl methyl sites for hydroxylation is 1. The molecule has 0 spiro atoms. The summed E-state index contributed by atoms with van der Waals surface area (Å²) in [6.45, 7) is 3.45. The standard InChI is InChI=1S/C17H22F3N5/c1-12-6-4-5-7-13(12)11-22-15-10-14(17(18,19)20)23-16(24-15)21-8-9-25(2)3/h4-7,10H,8-9,11H2,1-3H3,(H2,21,22,23,24). The summed E-state index contributed by atoms with van der Waals surface area (Å²) in [6, 6.07) is 8.60. The van der Waals surface area contributed by atoms with E-state index in [0.29, 0.717) is 19.6 Å². The molecule has 8 heteroatoms. The number of anilines is 2. The van der Waals surface area contributed by atoms with Gasteiger partial charge in [0, 0.05) is 25.7 Å². The number of rotatable bonds is 7. The van der Waals surface area contributed by atoms with E-state index in [9.17, 15) is 13.2 Å². The van der Waals surface area contributed by atoms with Gasteiger partial charge in [-0.1, -0.05) is 24.3 Å². The third-order valence-corrected chi connectivity index (χ3v) is 3.58. The van der Waals surface area contributed by atoms with Crippen molar-refractivity contribution in [3.8, 4) is 0 Å². The van der Waals surface area contributed by atoms with E-state index in [4.69, 9.17) is 0 Å². The molecule has 1 aromatic heterocycles. The summed E-state index contributed by atoms with van der Waals surface area (Å²) in [7, 11) is 3.76. The summed E-state index contributed by atoms with van der Waals surface area (Å²) in [4.78, 5) is 9.62. The largest absolute Gasteiger partial charge is 0.433 e. The molecule has 2 rings (SSSR count). The number of likely N-dealkylation sites (N-methyl/N-ethyl adjacent to an activating group) is 1. The number of hydrogen-bond donors (Lipinski definition) is 2. The van der Waals surface area contributed by atoms with E-state index in [0.717, 1.165) is 17.2 Å². The lowest BCUT2D eigenvalue weighted by molar-refractivity contribution is -0.141. The first-order valence-corrected chi connectivity index (χ1v) is 7.89. The quantitative estimate of drug-likeness (QED) is 0.799. The highest BCUT2D eigenvalue weighted by Crippen LogP contribution is 2.29. The molecule has 0 radical (unpaired) electrons. The van der Waals surface area contributed by atoms with Gasteiger partial charge in [-0.2, -0.15) is 18.2 Å².